The van der Waals surface area contributed by atoms with Gasteiger partial charge in [-0.3, -0.25) is 4.98 Å². The predicted molar refractivity (Wildman–Crippen MR) is 120 cm³/mol. The number of ether oxygens (including phenoxy) is 2. The first-order chi connectivity index (χ1) is 16.0. The molecule has 4 N–H and O–H groups in total. The van der Waals surface area contributed by atoms with Crippen LogP contribution in [0.15, 0.2) is 61.1 Å². The van der Waals surface area contributed by atoms with Gasteiger partial charge in [0.1, 0.15) is 5.82 Å². The Balaban J connectivity index is 1.52. The van der Waals surface area contributed by atoms with Crippen molar-refractivity contribution >= 4 is 11.6 Å². The Morgan fingerprint density at radius 2 is 1.88 bits per heavy atom. The molecule has 0 unspecified atom stereocenters. The van der Waals surface area contributed by atoms with Crippen LogP contribution in [0.4, 0.5) is 16.0 Å². The molecule has 0 atom stereocenters. The first-order valence-electron chi connectivity index (χ1n) is 10.4. The van der Waals surface area contributed by atoms with E-state index in [9.17, 15) is 4.39 Å². The summed E-state index contributed by atoms with van der Waals surface area (Å²) in [6.45, 7) is 2.51. The number of H-pyrrole nitrogens is 1. The van der Waals surface area contributed by atoms with Crippen LogP contribution in [0.25, 0.3) is 22.6 Å². The molecule has 9 nitrogen and oxygen atoms in total. The minimum atomic E-state index is -0.704. The monoisotopic (exact) mass is 447 g/mol. The summed E-state index contributed by atoms with van der Waals surface area (Å²) in [5.74, 6) is 0.535. The van der Waals surface area contributed by atoms with Gasteiger partial charge in [0, 0.05) is 18.0 Å². The number of rotatable bonds is 5. The van der Waals surface area contributed by atoms with Crippen LogP contribution >= 0.6 is 0 Å². The standard InChI is InChI=1S/C23H22FN7O2/c1-23(25)12-32-21(33-13-23)20-30-18(14-4-6-15(24)7-5-14)19(31-20)17-8-10-27-22(29-17)28-16-3-2-9-26-11-16/h2-11,21H,12-13,25H2,1H3,(H,30,31)(H,27,28,29). The molecule has 0 radical (unpaired) electrons. The third-order valence-corrected chi connectivity index (χ3v) is 5.02. The number of anilines is 2. The third kappa shape index (κ3) is 4.72. The lowest BCUT2D eigenvalue weighted by molar-refractivity contribution is -0.211. The van der Waals surface area contributed by atoms with Gasteiger partial charge in [0.2, 0.25) is 12.2 Å². The van der Waals surface area contributed by atoms with Gasteiger partial charge in [-0.15, -0.1) is 0 Å². The number of nitrogens with two attached hydrogens (primary N) is 1. The van der Waals surface area contributed by atoms with E-state index in [2.05, 4.69) is 25.3 Å². The number of nitrogens with zero attached hydrogens (tertiary/aromatic N) is 4. The highest BCUT2D eigenvalue weighted by atomic mass is 19.1. The number of hydrogen-bond acceptors (Lipinski definition) is 8. The number of hydrogen-bond donors (Lipinski definition) is 3. The number of benzene rings is 1. The second-order valence-electron chi connectivity index (χ2n) is 8.09. The Labute approximate surface area is 189 Å². The van der Waals surface area contributed by atoms with Crippen molar-refractivity contribution in [2.24, 2.45) is 5.73 Å². The molecule has 4 heterocycles. The summed E-state index contributed by atoms with van der Waals surface area (Å²) in [6, 6.07) is 11.5. The number of nitrogens with one attached hydrogen (secondary N) is 2. The molecule has 0 aliphatic carbocycles. The second-order valence-corrected chi connectivity index (χ2v) is 8.09. The lowest BCUT2D eigenvalue weighted by Crippen LogP contribution is -2.50. The Kier molecular flexibility index (Phi) is 5.55. The minimum Gasteiger partial charge on any atom is -0.344 e. The number of pyridine rings is 1. The van der Waals surface area contributed by atoms with Gasteiger partial charge in [-0.2, -0.15) is 0 Å². The van der Waals surface area contributed by atoms with Crippen LogP contribution in [0.5, 0.6) is 0 Å². The van der Waals surface area contributed by atoms with Gasteiger partial charge in [-0.1, -0.05) is 0 Å². The van der Waals surface area contributed by atoms with Crippen LogP contribution in [0.2, 0.25) is 0 Å². The zero-order chi connectivity index (χ0) is 22.8. The third-order valence-electron chi connectivity index (χ3n) is 5.02. The molecule has 1 saturated heterocycles. The van der Waals surface area contributed by atoms with Crippen molar-refractivity contribution in [3.05, 3.63) is 72.7 Å². The molecule has 5 rings (SSSR count). The number of halogens is 1. The van der Waals surface area contributed by atoms with E-state index in [4.69, 9.17) is 20.2 Å². The average Bonchev–Trinajstić information content (AvgIpc) is 3.26. The van der Waals surface area contributed by atoms with Crippen molar-refractivity contribution in [3.8, 4) is 22.6 Å². The molecule has 33 heavy (non-hydrogen) atoms. The zero-order valence-corrected chi connectivity index (χ0v) is 17.8. The molecule has 0 spiro atoms. The van der Waals surface area contributed by atoms with Gasteiger partial charge >= 0.3 is 0 Å². The van der Waals surface area contributed by atoms with Gasteiger partial charge in [0.05, 0.1) is 47.7 Å². The maximum atomic E-state index is 13.5. The molecule has 1 aliphatic rings. The molecule has 168 valence electrons. The summed E-state index contributed by atoms with van der Waals surface area (Å²) in [6.07, 6.45) is 4.30. The maximum absolute atomic E-state index is 13.5. The lowest BCUT2D eigenvalue weighted by Gasteiger charge is -2.33. The largest absolute Gasteiger partial charge is 0.344 e. The minimum absolute atomic E-state index is 0.326. The van der Waals surface area contributed by atoms with Gasteiger partial charge in [0.15, 0.2) is 5.82 Å². The van der Waals surface area contributed by atoms with E-state index in [1.807, 2.05) is 19.1 Å². The molecule has 4 aromatic rings. The SMILES string of the molecule is CC1(N)COC(c2nc(-c3ccc(F)cc3)c(-c3ccnc(Nc4cccnc4)n3)[nH]2)OC1. The highest BCUT2D eigenvalue weighted by Crippen LogP contribution is 2.33. The summed E-state index contributed by atoms with van der Waals surface area (Å²) < 4.78 is 25.1. The van der Waals surface area contributed by atoms with E-state index < -0.39 is 11.8 Å². The first kappa shape index (κ1) is 21.1. The summed E-state index contributed by atoms with van der Waals surface area (Å²) in [5, 5.41) is 3.13. The molecule has 1 fully saturated rings. The number of aromatic amines is 1. The van der Waals surface area contributed by atoms with Gasteiger partial charge in [-0.25, -0.2) is 19.3 Å². The van der Waals surface area contributed by atoms with E-state index in [-0.39, 0.29) is 5.82 Å². The maximum Gasteiger partial charge on any atom is 0.227 e. The summed E-state index contributed by atoms with van der Waals surface area (Å²) in [5.41, 5.74) is 8.80. The Hall–Kier alpha value is -3.73. The Morgan fingerprint density at radius 1 is 1.09 bits per heavy atom. The normalized spacial score (nSPS) is 20.5. The summed E-state index contributed by atoms with van der Waals surface area (Å²) in [7, 11) is 0. The average molecular weight is 447 g/mol. The number of imidazole rings is 1. The van der Waals surface area contributed by atoms with E-state index in [0.29, 0.717) is 47.6 Å². The first-order valence-corrected chi connectivity index (χ1v) is 10.4. The smallest absolute Gasteiger partial charge is 0.227 e. The zero-order valence-electron chi connectivity index (χ0n) is 17.8. The van der Waals surface area contributed by atoms with Crippen LogP contribution in [-0.4, -0.2) is 43.7 Å². The van der Waals surface area contributed by atoms with Crippen LogP contribution in [0.3, 0.4) is 0 Å². The highest BCUT2D eigenvalue weighted by Gasteiger charge is 2.32. The van der Waals surface area contributed by atoms with Crippen molar-refractivity contribution in [2.45, 2.75) is 18.8 Å². The van der Waals surface area contributed by atoms with Crippen molar-refractivity contribution in [1.82, 2.24) is 24.9 Å². The molecular weight excluding hydrogens is 425 g/mol. The molecular formula is C23H22FN7O2. The summed E-state index contributed by atoms with van der Waals surface area (Å²) >= 11 is 0. The molecule has 3 aromatic heterocycles. The van der Waals surface area contributed by atoms with Crippen molar-refractivity contribution in [3.63, 3.8) is 0 Å². The fraction of sp³-hybridized carbons (Fsp3) is 0.217. The van der Waals surface area contributed by atoms with Crippen LogP contribution in [-0.2, 0) is 9.47 Å². The quantitative estimate of drug-likeness (QED) is 0.424. The molecule has 0 saturated carbocycles. The van der Waals surface area contributed by atoms with Crippen molar-refractivity contribution in [1.29, 1.82) is 0 Å². The van der Waals surface area contributed by atoms with Crippen LogP contribution < -0.4 is 11.1 Å². The van der Waals surface area contributed by atoms with Crippen LogP contribution in [0, 0.1) is 5.82 Å². The van der Waals surface area contributed by atoms with E-state index >= 15 is 0 Å². The molecule has 10 heteroatoms. The lowest BCUT2D eigenvalue weighted by atomic mass is 10.1. The van der Waals surface area contributed by atoms with Gasteiger partial charge in [0.25, 0.3) is 0 Å². The van der Waals surface area contributed by atoms with E-state index in [1.165, 1.54) is 12.1 Å². The van der Waals surface area contributed by atoms with Crippen molar-refractivity contribution in [2.75, 3.05) is 18.5 Å². The molecule has 1 aliphatic heterocycles. The van der Waals surface area contributed by atoms with E-state index in [1.54, 1.807) is 36.8 Å². The molecule has 1 aromatic carbocycles. The number of aromatic nitrogens is 5. The predicted octanol–water partition coefficient (Wildman–Crippen LogP) is 3.57. The fourth-order valence-electron chi connectivity index (χ4n) is 3.41. The molecule has 0 amide bonds. The van der Waals surface area contributed by atoms with E-state index in [0.717, 1.165) is 5.69 Å². The Bertz CT molecular complexity index is 1240. The topological polar surface area (TPSA) is 124 Å². The van der Waals surface area contributed by atoms with Crippen LogP contribution in [0.1, 0.15) is 19.0 Å². The highest BCUT2D eigenvalue weighted by molar-refractivity contribution is 5.77. The fourth-order valence-corrected chi connectivity index (χ4v) is 3.41. The van der Waals surface area contributed by atoms with Gasteiger partial charge < -0.3 is 25.5 Å². The van der Waals surface area contributed by atoms with Crippen molar-refractivity contribution < 1.29 is 13.9 Å². The van der Waals surface area contributed by atoms with Gasteiger partial charge in [-0.05, 0) is 49.4 Å². The summed E-state index contributed by atoms with van der Waals surface area (Å²) in [4.78, 5) is 21.0. The Morgan fingerprint density at radius 3 is 2.61 bits per heavy atom. The molecule has 0 bridgehead atoms. The second kappa shape index (κ2) is 8.66.